The molecule has 0 aliphatic rings. The van der Waals surface area contributed by atoms with E-state index < -0.39 is 23.1 Å². The fraction of sp³-hybridized carbons (Fsp3) is 0. The highest BCUT2D eigenvalue weighted by molar-refractivity contribution is 7.91. The standard InChI is InChI=1S/C14H10O5S/c15-13(16)9-3-1-5-11(7-9)20(19)12-6-2-4-10(8-12)14(17)18/h1-8H,(H,15,16)(H,17,18). The van der Waals surface area contributed by atoms with Gasteiger partial charge in [0.25, 0.3) is 0 Å². The fourth-order valence-electron chi connectivity index (χ4n) is 1.62. The molecule has 0 aromatic heterocycles. The van der Waals surface area contributed by atoms with Crippen molar-refractivity contribution in [2.24, 2.45) is 0 Å². The Morgan fingerprint density at radius 3 is 1.60 bits per heavy atom. The summed E-state index contributed by atoms with van der Waals surface area (Å²) in [7, 11) is 0. The molecule has 0 saturated carbocycles. The lowest BCUT2D eigenvalue weighted by atomic mass is 10.2. The monoisotopic (exact) mass is 290 g/mol. The van der Waals surface area contributed by atoms with E-state index >= 15 is 0 Å². The van der Waals surface area contributed by atoms with Crippen LogP contribution in [0, 0.1) is 0 Å². The molecule has 0 amide bonds. The third-order valence-electron chi connectivity index (χ3n) is 2.59. The van der Waals surface area contributed by atoms with Gasteiger partial charge in [-0.1, -0.05) is 12.1 Å². The molecule has 6 heteroatoms. The van der Waals surface area contributed by atoms with Crippen molar-refractivity contribution in [2.45, 2.75) is 9.79 Å². The minimum Gasteiger partial charge on any atom is -0.606 e. The Morgan fingerprint density at radius 1 is 0.850 bits per heavy atom. The molecule has 102 valence electrons. The number of hydrogen-bond donors (Lipinski definition) is 2. The lowest BCUT2D eigenvalue weighted by Crippen LogP contribution is -2.06. The number of aromatic carboxylic acids is 2. The molecule has 20 heavy (non-hydrogen) atoms. The van der Waals surface area contributed by atoms with Crippen LogP contribution in [0.1, 0.15) is 20.7 Å². The van der Waals surface area contributed by atoms with Gasteiger partial charge in [0.05, 0.1) is 11.1 Å². The molecule has 2 aromatic rings. The van der Waals surface area contributed by atoms with Crippen molar-refractivity contribution in [2.75, 3.05) is 0 Å². The molecule has 0 saturated heterocycles. The van der Waals surface area contributed by atoms with Crippen molar-refractivity contribution in [3.63, 3.8) is 0 Å². The van der Waals surface area contributed by atoms with Crippen LogP contribution in [-0.2, 0) is 11.2 Å². The van der Waals surface area contributed by atoms with E-state index in [0.29, 0.717) is 9.79 Å². The summed E-state index contributed by atoms with van der Waals surface area (Å²) in [5.74, 6) is -2.22. The van der Waals surface area contributed by atoms with Gasteiger partial charge in [0, 0.05) is 23.3 Å². The van der Waals surface area contributed by atoms with Crippen LogP contribution in [0.25, 0.3) is 0 Å². The molecule has 2 rings (SSSR count). The molecule has 0 unspecified atom stereocenters. The van der Waals surface area contributed by atoms with Crippen molar-refractivity contribution >= 4 is 23.1 Å². The maximum absolute atomic E-state index is 12.3. The molecule has 0 aliphatic heterocycles. The Hall–Kier alpha value is -2.31. The van der Waals surface area contributed by atoms with Crippen LogP contribution in [0.15, 0.2) is 58.3 Å². The summed E-state index contributed by atoms with van der Waals surface area (Å²) in [4.78, 5) is 22.4. The number of benzene rings is 2. The first-order chi connectivity index (χ1) is 9.49. The van der Waals surface area contributed by atoms with Crippen LogP contribution in [-0.4, -0.2) is 26.7 Å². The normalized spacial score (nSPS) is 10.5. The first-order valence-corrected chi connectivity index (χ1v) is 6.72. The van der Waals surface area contributed by atoms with E-state index in [9.17, 15) is 14.1 Å². The summed E-state index contributed by atoms with van der Waals surface area (Å²) >= 11 is -1.63. The highest BCUT2D eigenvalue weighted by Crippen LogP contribution is 2.22. The summed E-state index contributed by atoms with van der Waals surface area (Å²) in [6, 6.07) is 11.5. The van der Waals surface area contributed by atoms with Gasteiger partial charge in [0.1, 0.15) is 0 Å². The Balaban J connectivity index is 2.38. The maximum Gasteiger partial charge on any atom is 0.335 e. The highest BCUT2D eigenvalue weighted by atomic mass is 32.2. The summed E-state index contributed by atoms with van der Waals surface area (Å²) in [5, 5.41) is 17.8. The van der Waals surface area contributed by atoms with Gasteiger partial charge in [-0.25, -0.2) is 9.59 Å². The van der Waals surface area contributed by atoms with Crippen molar-refractivity contribution < 1.29 is 24.4 Å². The molecule has 0 bridgehead atoms. The van der Waals surface area contributed by atoms with Crippen molar-refractivity contribution in [3.8, 4) is 0 Å². The summed E-state index contributed by atoms with van der Waals surface area (Å²) in [5.41, 5.74) is 0.0653. The minimum absolute atomic E-state index is 0.0326. The number of hydrogen-bond acceptors (Lipinski definition) is 3. The predicted molar refractivity (Wildman–Crippen MR) is 71.5 cm³/mol. The minimum atomic E-state index is -1.63. The molecule has 2 N–H and O–H groups in total. The van der Waals surface area contributed by atoms with Gasteiger partial charge in [0.15, 0.2) is 9.79 Å². The van der Waals surface area contributed by atoms with Gasteiger partial charge < -0.3 is 14.8 Å². The molecule has 0 heterocycles. The SMILES string of the molecule is O=C(O)c1cccc([S+]([O-])c2cccc(C(=O)O)c2)c1. The third-order valence-corrected chi connectivity index (χ3v) is 3.95. The second kappa shape index (κ2) is 5.77. The summed E-state index contributed by atoms with van der Waals surface area (Å²) < 4.78 is 12.3. The number of carboxylic acid groups (broad SMARTS) is 2. The van der Waals surface area contributed by atoms with Crippen LogP contribution >= 0.6 is 0 Å². The number of carboxylic acids is 2. The molecule has 0 radical (unpaired) electrons. The van der Waals surface area contributed by atoms with Crippen LogP contribution in [0.4, 0.5) is 0 Å². The van der Waals surface area contributed by atoms with Crippen molar-refractivity contribution in [3.05, 3.63) is 59.7 Å². The van der Waals surface area contributed by atoms with E-state index in [1.807, 2.05) is 0 Å². The van der Waals surface area contributed by atoms with Crippen LogP contribution < -0.4 is 0 Å². The second-order valence-electron chi connectivity index (χ2n) is 3.93. The fourth-order valence-corrected chi connectivity index (χ4v) is 2.77. The molecular weight excluding hydrogens is 280 g/mol. The summed E-state index contributed by atoms with van der Waals surface area (Å²) in [6.07, 6.45) is 0. The van der Waals surface area contributed by atoms with Crippen LogP contribution in [0.2, 0.25) is 0 Å². The molecule has 5 nitrogen and oxygen atoms in total. The van der Waals surface area contributed by atoms with Gasteiger partial charge in [-0.05, 0) is 24.3 Å². The second-order valence-corrected chi connectivity index (χ2v) is 5.41. The Labute approximate surface area is 117 Å². The third kappa shape index (κ3) is 2.98. The van der Waals surface area contributed by atoms with Gasteiger partial charge in [0.2, 0.25) is 0 Å². The van der Waals surface area contributed by atoms with Crippen molar-refractivity contribution in [1.82, 2.24) is 0 Å². The van der Waals surface area contributed by atoms with E-state index in [1.165, 1.54) is 48.5 Å². The van der Waals surface area contributed by atoms with E-state index in [2.05, 4.69) is 0 Å². The predicted octanol–water partition coefficient (Wildman–Crippen LogP) is 2.25. The van der Waals surface area contributed by atoms with Crippen LogP contribution in [0.5, 0.6) is 0 Å². The molecule has 0 fully saturated rings. The molecule has 2 aromatic carbocycles. The molecule has 0 atom stereocenters. The van der Waals surface area contributed by atoms with E-state index in [4.69, 9.17) is 10.2 Å². The Kier molecular flexibility index (Phi) is 4.07. The van der Waals surface area contributed by atoms with Crippen LogP contribution in [0.3, 0.4) is 0 Å². The first-order valence-electron chi connectivity index (χ1n) is 5.57. The zero-order valence-corrected chi connectivity index (χ0v) is 11.0. The Bertz CT molecular complexity index is 611. The molecular formula is C14H10O5S. The first kappa shape index (κ1) is 14.1. The topological polar surface area (TPSA) is 97.7 Å². The highest BCUT2D eigenvalue weighted by Gasteiger charge is 2.18. The smallest absolute Gasteiger partial charge is 0.335 e. The number of rotatable bonds is 4. The van der Waals surface area contributed by atoms with E-state index in [1.54, 1.807) is 0 Å². The molecule has 0 aliphatic carbocycles. The summed E-state index contributed by atoms with van der Waals surface area (Å²) in [6.45, 7) is 0. The van der Waals surface area contributed by atoms with Gasteiger partial charge >= 0.3 is 11.9 Å². The zero-order valence-electron chi connectivity index (χ0n) is 10.1. The van der Waals surface area contributed by atoms with Crippen molar-refractivity contribution in [1.29, 1.82) is 0 Å². The largest absolute Gasteiger partial charge is 0.606 e. The number of carbonyl (C=O) groups is 2. The quantitative estimate of drug-likeness (QED) is 0.842. The average Bonchev–Trinajstić information content (AvgIpc) is 2.46. The lowest BCUT2D eigenvalue weighted by Gasteiger charge is -2.10. The molecule has 0 spiro atoms. The average molecular weight is 290 g/mol. The van der Waals surface area contributed by atoms with E-state index in [-0.39, 0.29) is 11.1 Å². The van der Waals surface area contributed by atoms with Gasteiger partial charge in [-0.2, -0.15) is 0 Å². The zero-order chi connectivity index (χ0) is 14.7. The Morgan fingerprint density at radius 2 is 1.25 bits per heavy atom. The van der Waals surface area contributed by atoms with Gasteiger partial charge in [-0.3, -0.25) is 0 Å². The van der Waals surface area contributed by atoms with E-state index in [0.717, 1.165) is 0 Å². The lowest BCUT2D eigenvalue weighted by molar-refractivity contribution is 0.0686. The van der Waals surface area contributed by atoms with Gasteiger partial charge in [-0.15, -0.1) is 0 Å². The maximum atomic E-state index is 12.3.